The molecular formula is C11H13N5OS. The molecule has 0 aromatic carbocycles. The Bertz CT molecular complexity index is 513. The van der Waals surface area contributed by atoms with E-state index >= 15 is 0 Å². The Morgan fingerprint density at radius 1 is 1.33 bits per heavy atom. The number of nitrogens with zero attached hydrogens (tertiary/aromatic N) is 3. The first kappa shape index (κ1) is 12.4. The molecule has 0 unspecified atom stereocenters. The fourth-order valence-corrected chi connectivity index (χ4v) is 1.89. The normalized spacial score (nSPS) is 10.1. The lowest BCUT2D eigenvalue weighted by Crippen LogP contribution is -2.29. The molecule has 2 aromatic rings. The van der Waals surface area contributed by atoms with E-state index in [-0.39, 0.29) is 5.91 Å². The fourth-order valence-electron chi connectivity index (χ4n) is 1.30. The van der Waals surface area contributed by atoms with E-state index in [0.717, 1.165) is 5.01 Å². The number of hydrogen-bond donors (Lipinski definition) is 2. The van der Waals surface area contributed by atoms with Crippen molar-refractivity contribution in [3.05, 3.63) is 34.5 Å². The molecule has 0 aliphatic rings. The molecule has 6 nitrogen and oxygen atoms in total. The molecule has 0 atom stereocenters. The predicted molar refractivity (Wildman–Crippen MR) is 69.7 cm³/mol. The van der Waals surface area contributed by atoms with Gasteiger partial charge in [-0.25, -0.2) is 15.0 Å². The summed E-state index contributed by atoms with van der Waals surface area (Å²) in [5.41, 5.74) is 0.466. The van der Waals surface area contributed by atoms with Crippen molar-refractivity contribution >= 4 is 23.2 Å². The van der Waals surface area contributed by atoms with Crippen LogP contribution in [0.2, 0.25) is 0 Å². The second-order valence-electron chi connectivity index (χ2n) is 3.51. The molecule has 0 aliphatic heterocycles. The minimum Gasteiger partial charge on any atom is -0.352 e. The van der Waals surface area contributed by atoms with Crippen molar-refractivity contribution in [2.75, 3.05) is 18.4 Å². The van der Waals surface area contributed by atoms with E-state index < -0.39 is 0 Å². The summed E-state index contributed by atoms with van der Waals surface area (Å²) in [5.74, 6) is 0.395. The number of carbonyl (C=O) groups is 1. The summed E-state index contributed by atoms with van der Waals surface area (Å²) in [7, 11) is 0. The van der Waals surface area contributed by atoms with Gasteiger partial charge in [0.1, 0.15) is 5.69 Å². The maximum Gasteiger partial charge on any atom is 0.270 e. The molecule has 0 aliphatic carbocycles. The average molecular weight is 263 g/mol. The topological polar surface area (TPSA) is 79.8 Å². The third-order valence-corrected chi connectivity index (χ3v) is 2.88. The van der Waals surface area contributed by atoms with Crippen molar-refractivity contribution < 1.29 is 4.79 Å². The fraction of sp³-hybridized carbons (Fsp3) is 0.273. The van der Waals surface area contributed by atoms with Crippen LogP contribution in [0.4, 0.5) is 5.95 Å². The lowest BCUT2D eigenvalue weighted by molar-refractivity contribution is 0.0950. The quantitative estimate of drug-likeness (QED) is 0.789. The Labute approximate surface area is 109 Å². The molecule has 2 rings (SSSR count). The van der Waals surface area contributed by atoms with Gasteiger partial charge >= 0.3 is 0 Å². The van der Waals surface area contributed by atoms with E-state index in [1.165, 1.54) is 11.3 Å². The van der Waals surface area contributed by atoms with E-state index in [0.29, 0.717) is 24.7 Å². The van der Waals surface area contributed by atoms with E-state index in [2.05, 4.69) is 25.6 Å². The summed E-state index contributed by atoms with van der Waals surface area (Å²) in [6.07, 6.45) is 3.32. The summed E-state index contributed by atoms with van der Waals surface area (Å²) in [6.45, 7) is 2.93. The maximum absolute atomic E-state index is 11.6. The van der Waals surface area contributed by atoms with Crippen LogP contribution < -0.4 is 10.6 Å². The van der Waals surface area contributed by atoms with Gasteiger partial charge in [0.15, 0.2) is 0 Å². The summed E-state index contributed by atoms with van der Waals surface area (Å²) >= 11 is 1.46. The summed E-state index contributed by atoms with van der Waals surface area (Å²) in [6, 6.07) is 1.75. The van der Waals surface area contributed by atoms with Gasteiger partial charge in [0.25, 0.3) is 5.91 Å². The zero-order chi connectivity index (χ0) is 12.8. The molecule has 1 amide bonds. The third-order valence-electron chi connectivity index (χ3n) is 2.11. The molecule has 0 fully saturated rings. The van der Waals surface area contributed by atoms with Gasteiger partial charge in [-0.05, 0) is 13.0 Å². The lowest BCUT2D eigenvalue weighted by atomic mass is 10.4. The van der Waals surface area contributed by atoms with Crippen LogP contribution >= 0.6 is 11.3 Å². The largest absolute Gasteiger partial charge is 0.352 e. The molecular weight excluding hydrogens is 250 g/mol. The second kappa shape index (κ2) is 6.06. The van der Waals surface area contributed by atoms with Gasteiger partial charge in [-0.15, -0.1) is 11.3 Å². The number of rotatable bonds is 5. The van der Waals surface area contributed by atoms with Crippen LogP contribution in [0.3, 0.4) is 0 Å². The number of aromatic nitrogens is 3. The molecule has 0 bridgehead atoms. The number of carbonyl (C=O) groups excluding carboxylic acids is 1. The number of anilines is 1. The van der Waals surface area contributed by atoms with Crippen LogP contribution in [0.25, 0.3) is 0 Å². The number of thiazole rings is 1. The van der Waals surface area contributed by atoms with Crippen molar-refractivity contribution in [2.24, 2.45) is 0 Å². The van der Waals surface area contributed by atoms with Gasteiger partial charge in [-0.3, -0.25) is 4.79 Å². The number of aryl methyl sites for hydroxylation is 1. The van der Waals surface area contributed by atoms with Gasteiger partial charge < -0.3 is 10.6 Å². The number of nitrogens with one attached hydrogen (secondary N) is 2. The zero-order valence-electron chi connectivity index (χ0n) is 9.88. The van der Waals surface area contributed by atoms with Crippen molar-refractivity contribution in [1.82, 2.24) is 20.3 Å². The molecule has 94 valence electrons. The summed E-state index contributed by atoms with van der Waals surface area (Å²) < 4.78 is 0. The van der Waals surface area contributed by atoms with E-state index in [4.69, 9.17) is 0 Å². The summed E-state index contributed by atoms with van der Waals surface area (Å²) in [4.78, 5) is 23.8. The average Bonchev–Trinajstić information content (AvgIpc) is 2.82. The highest BCUT2D eigenvalue weighted by Crippen LogP contribution is 2.07. The lowest BCUT2D eigenvalue weighted by Gasteiger charge is -2.05. The molecule has 0 saturated carbocycles. The molecule has 2 N–H and O–H groups in total. The first-order chi connectivity index (χ1) is 8.75. The standard InChI is InChI=1S/C11H13N5OS/c1-8-16-9(7-18-8)10(17)12-5-6-15-11-13-3-2-4-14-11/h2-4,7H,5-6H2,1H3,(H,12,17)(H,13,14,15). The van der Waals surface area contributed by atoms with Gasteiger partial charge in [0.05, 0.1) is 5.01 Å². The van der Waals surface area contributed by atoms with Crippen molar-refractivity contribution in [3.63, 3.8) is 0 Å². The molecule has 7 heteroatoms. The van der Waals surface area contributed by atoms with Gasteiger partial charge in [-0.1, -0.05) is 0 Å². The number of hydrogen-bond acceptors (Lipinski definition) is 6. The minimum absolute atomic E-state index is 0.157. The highest BCUT2D eigenvalue weighted by molar-refractivity contribution is 7.09. The zero-order valence-corrected chi connectivity index (χ0v) is 10.7. The maximum atomic E-state index is 11.6. The van der Waals surface area contributed by atoms with Gasteiger partial charge in [-0.2, -0.15) is 0 Å². The van der Waals surface area contributed by atoms with E-state index in [9.17, 15) is 4.79 Å². The Balaban J connectivity index is 1.71. The Morgan fingerprint density at radius 3 is 2.78 bits per heavy atom. The molecule has 18 heavy (non-hydrogen) atoms. The minimum atomic E-state index is -0.157. The second-order valence-corrected chi connectivity index (χ2v) is 4.57. The Hall–Kier alpha value is -2.02. The van der Waals surface area contributed by atoms with E-state index in [1.807, 2.05) is 6.92 Å². The third kappa shape index (κ3) is 3.49. The number of amides is 1. The highest BCUT2D eigenvalue weighted by atomic mass is 32.1. The first-order valence-corrected chi connectivity index (χ1v) is 6.35. The molecule has 0 radical (unpaired) electrons. The molecule has 0 saturated heterocycles. The van der Waals surface area contributed by atoms with Crippen LogP contribution in [0.5, 0.6) is 0 Å². The molecule has 2 heterocycles. The van der Waals surface area contributed by atoms with Crippen LogP contribution in [0.1, 0.15) is 15.5 Å². The molecule has 0 spiro atoms. The first-order valence-electron chi connectivity index (χ1n) is 5.47. The van der Waals surface area contributed by atoms with Crippen molar-refractivity contribution in [2.45, 2.75) is 6.92 Å². The SMILES string of the molecule is Cc1nc(C(=O)NCCNc2ncccn2)cs1. The highest BCUT2D eigenvalue weighted by Gasteiger charge is 2.07. The van der Waals surface area contributed by atoms with Crippen LogP contribution in [-0.2, 0) is 0 Å². The van der Waals surface area contributed by atoms with Gasteiger partial charge in [0.2, 0.25) is 5.95 Å². The Kier molecular flexibility index (Phi) is 4.19. The van der Waals surface area contributed by atoms with Crippen LogP contribution in [0, 0.1) is 6.92 Å². The van der Waals surface area contributed by atoms with Crippen LogP contribution in [-0.4, -0.2) is 33.9 Å². The smallest absolute Gasteiger partial charge is 0.270 e. The molecule has 2 aromatic heterocycles. The van der Waals surface area contributed by atoms with Gasteiger partial charge in [0, 0.05) is 30.9 Å². The van der Waals surface area contributed by atoms with E-state index in [1.54, 1.807) is 23.8 Å². The van der Waals surface area contributed by atoms with Crippen molar-refractivity contribution in [1.29, 1.82) is 0 Å². The monoisotopic (exact) mass is 263 g/mol. The van der Waals surface area contributed by atoms with Crippen LogP contribution in [0.15, 0.2) is 23.8 Å². The van der Waals surface area contributed by atoms with Crippen molar-refractivity contribution in [3.8, 4) is 0 Å². The predicted octanol–water partition coefficient (Wildman–Crippen LogP) is 1.08. The summed E-state index contributed by atoms with van der Waals surface area (Å²) in [5, 5.41) is 8.41. The Morgan fingerprint density at radius 2 is 2.11 bits per heavy atom.